The Balaban J connectivity index is 1.15. The monoisotopic (exact) mass is 684 g/mol. The average Bonchev–Trinajstić information content (AvgIpc) is 3.18. The largest absolute Gasteiger partial charge is 0.311 e. The Kier molecular flexibility index (Phi) is 6.07. The van der Waals surface area contributed by atoms with Crippen molar-refractivity contribution in [2.75, 3.05) is 9.80 Å². The molecule has 258 valence electrons. The van der Waals surface area contributed by atoms with E-state index < -0.39 is 0 Å². The minimum atomic E-state index is 0.0348. The van der Waals surface area contributed by atoms with Gasteiger partial charge in [-0.05, 0) is 142 Å². The van der Waals surface area contributed by atoms with E-state index in [2.05, 4.69) is 164 Å². The Morgan fingerprint density at radius 1 is 0.528 bits per heavy atom. The maximum absolute atomic E-state index is 2.71. The van der Waals surface area contributed by atoms with Gasteiger partial charge in [-0.3, -0.25) is 0 Å². The molecule has 0 atom stereocenters. The molecule has 4 aliphatic carbocycles. The zero-order chi connectivity index (χ0) is 35.2. The zero-order valence-corrected chi connectivity index (χ0v) is 31.0. The predicted molar refractivity (Wildman–Crippen MR) is 222 cm³/mol. The van der Waals surface area contributed by atoms with Crippen LogP contribution >= 0.6 is 0 Å². The van der Waals surface area contributed by atoms with Crippen molar-refractivity contribution in [3.05, 3.63) is 150 Å². The Bertz CT molecular complexity index is 2460. The van der Waals surface area contributed by atoms with Crippen LogP contribution in [0, 0.1) is 23.7 Å². The number of para-hydroxylation sites is 2. The lowest BCUT2D eigenvalue weighted by Gasteiger charge is -2.64. The molecule has 3 heteroatoms. The number of nitrogens with zero attached hydrogens (tertiary/aromatic N) is 2. The molecule has 2 nitrogen and oxygen atoms in total. The smallest absolute Gasteiger partial charge is 0.252 e. The van der Waals surface area contributed by atoms with Gasteiger partial charge in [0.1, 0.15) is 0 Å². The predicted octanol–water partition coefficient (Wildman–Crippen LogP) is 10.8. The fourth-order valence-electron chi connectivity index (χ4n) is 12.7. The zero-order valence-electron chi connectivity index (χ0n) is 31.0. The fraction of sp³-hybridized carbons (Fsp3) is 0.280. The van der Waals surface area contributed by atoms with Crippen molar-refractivity contribution in [3.63, 3.8) is 0 Å². The lowest BCUT2D eigenvalue weighted by molar-refractivity contribution is -0.0419. The first kappa shape index (κ1) is 30.4. The van der Waals surface area contributed by atoms with E-state index in [1.807, 2.05) is 0 Å². The summed E-state index contributed by atoms with van der Waals surface area (Å²) in [6.07, 6.45) is 7.04. The third kappa shape index (κ3) is 3.96. The first-order valence-electron chi connectivity index (χ1n) is 20.2. The van der Waals surface area contributed by atoms with E-state index in [0.717, 1.165) is 23.7 Å². The van der Waals surface area contributed by atoms with Crippen molar-refractivity contribution in [1.29, 1.82) is 0 Å². The van der Waals surface area contributed by atoms with Crippen LogP contribution in [0.2, 0.25) is 0 Å². The molecule has 3 heterocycles. The molecule has 53 heavy (non-hydrogen) atoms. The molecule has 6 aromatic carbocycles. The quantitative estimate of drug-likeness (QED) is 0.167. The molecule has 1 spiro atoms. The maximum atomic E-state index is 2.71. The molecular formula is C50H45BN2. The van der Waals surface area contributed by atoms with Crippen molar-refractivity contribution in [2.24, 2.45) is 23.7 Å². The number of anilines is 6. The summed E-state index contributed by atoms with van der Waals surface area (Å²) >= 11 is 0. The molecule has 0 amide bonds. The van der Waals surface area contributed by atoms with Crippen LogP contribution in [0.5, 0.6) is 0 Å². The summed E-state index contributed by atoms with van der Waals surface area (Å²) in [4.78, 5) is 5.27. The van der Waals surface area contributed by atoms with E-state index in [-0.39, 0.29) is 17.5 Å². The van der Waals surface area contributed by atoms with Crippen LogP contribution in [0.15, 0.2) is 133 Å². The van der Waals surface area contributed by atoms with E-state index in [4.69, 9.17) is 0 Å². The maximum Gasteiger partial charge on any atom is 0.252 e. The van der Waals surface area contributed by atoms with Gasteiger partial charge < -0.3 is 9.80 Å². The summed E-state index contributed by atoms with van der Waals surface area (Å²) in [5.74, 6) is 3.28. The molecule has 7 aliphatic rings. The van der Waals surface area contributed by atoms with Crippen LogP contribution < -0.4 is 26.2 Å². The van der Waals surface area contributed by atoms with Crippen LogP contribution in [0.1, 0.15) is 69.6 Å². The van der Waals surface area contributed by atoms with Gasteiger partial charge in [-0.2, -0.15) is 0 Å². The molecule has 13 rings (SSSR count). The van der Waals surface area contributed by atoms with Gasteiger partial charge in [-0.15, -0.1) is 0 Å². The third-order valence-corrected chi connectivity index (χ3v) is 14.6. The van der Waals surface area contributed by atoms with Gasteiger partial charge in [-0.1, -0.05) is 118 Å². The van der Waals surface area contributed by atoms with Crippen LogP contribution in [0.3, 0.4) is 0 Å². The molecule has 0 radical (unpaired) electrons. The molecule has 4 saturated carbocycles. The lowest BCUT2D eigenvalue weighted by atomic mass is 9.32. The highest BCUT2D eigenvalue weighted by molar-refractivity contribution is 7.00. The van der Waals surface area contributed by atoms with Gasteiger partial charge in [0, 0.05) is 33.9 Å². The van der Waals surface area contributed by atoms with Crippen LogP contribution in [-0.2, 0) is 10.8 Å². The van der Waals surface area contributed by atoms with Crippen molar-refractivity contribution in [2.45, 2.75) is 63.7 Å². The van der Waals surface area contributed by atoms with Crippen molar-refractivity contribution < 1.29 is 0 Å². The fourth-order valence-corrected chi connectivity index (χ4v) is 12.7. The van der Waals surface area contributed by atoms with E-state index in [1.165, 1.54) is 99.3 Å². The molecule has 4 fully saturated rings. The Labute approximate surface area is 314 Å². The summed E-state index contributed by atoms with van der Waals surface area (Å²) < 4.78 is 0. The van der Waals surface area contributed by atoms with Crippen molar-refractivity contribution in [3.8, 4) is 11.1 Å². The standard InChI is InChI=1S/C50H45BN2/c1-49(2,3)35-22-23-44-42(30-35)51-41-18-10-17-40-48(41)53(43-19-8-7-16-39(43)50(40)36-25-31-24-32(27-36)28-37(50)26-31)46-21-11-20-45(47(46)51)52(44)38-15-9-14-34(29-38)33-12-5-4-6-13-33/h4-23,29-32,36-37H,24-28H2,1-3H3. The number of fused-ring (bicyclic) bond motifs is 6. The second-order valence-electron chi connectivity index (χ2n) is 18.2. The second kappa shape index (κ2) is 10.6. The van der Waals surface area contributed by atoms with Gasteiger partial charge in [0.25, 0.3) is 6.71 Å². The van der Waals surface area contributed by atoms with E-state index in [1.54, 1.807) is 11.1 Å². The summed E-state index contributed by atoms with van der Waals surface area (Å²) in [5, 5.41) is 0. The van der Waals surface area contributed by atoms with Gasteiger partial charge in [0.15, 0.2) is 0 Å². The normalized spacial score (nSPS) is 25.2. The Morgan fingerprint density at radius 3 is 1.94 bits per heavy atom. The molecule has 0 aromatic heterocycles. The highest BCUT2D eigenvalue weighted by Gasteiger charge is 2.62. The van der Waals surface area contributed by atoms with Crippen LogP contribution in [0.4, 0.5) is 34.1 Å². The van der Waals surface area contributed by atoms with E-state index >= 15 is 0 Å². The van der Waals surface area contributed by atoms with Crippen LogP contribution in [-0.4, -0.2) is 6.71 Å². The second-order valence-corrected chi connectivity index (χ2v) is 18.2. The Morgan fingerprint density at radius 2 is 1.17 bits per heavy atom. The molecule has 0 unspecified atom stereocenters. The van der Waals surface area contributed by atoms with Gasteiger partial charge in [-0.25, -0.2) is 0 Å². The molecule has 3 aliphatic heterocycles. The van der Waals surface area contributed by atoms with Gasteiger partial charge in [0.2, 0.25) is 0 Å². The topological polar surface area (TPSA) is 6.48 Å². The SMILES string of the molecule is CC(C)(C)c1ccc2c(c1)B1c3cccc4c3N(c3ccccc3C43C4CC5CC(C4)CC3C5)c3cccc(c31)N2c1cccc(-c2ccccc2)c1. The van der Waals surface area contributed by atoms with Crippen molar-refractivity contribution >= 4 is 57.2 Å². The molecule has 6 aromatic rings. The first-order chi connectivity index (χ1) is 25.9. The first-order valence-corrected chi connectivity index (χ1v) is 20.2. The minimum absolute atomic E-state index is 0.0348. The number of hydrogen-bond acceptors (Lipinski definition) is 2. The summed E-state index contributed by atoms with van der Waals surface area (Å²) in [6, 6.07) is 51.6. The van der Waals surface area contributed by atoms with Crippen molar-refractivity contribution in [1.82, 2.24) is 0 Å². The highest BCUT2D eigenvalue weighted by Crippen LogP contribution is 2.69. The number of rotatable bonds is 2. The summed E-state index contributed by atoms with van der Waals surface area (Å²) in [6.45, 7) is 7.23. The molecule has 4 bridgehead atoms. The lowest BCUT2D eigenvalue weighted by Crippen LogP contribution is -2.64. The van der Waals surface area contributed by atoms with E-state index in [9.17, 15) is 0 Å². The highest BCUT2D eigenvalue weighted by atomic mass is 15.2. The third-order valence-electron chi connectivity index (χ3n) is 14.6. The molecule has 0 saturated heterocycles. The van der Waals surface area contributed by atoms with Crippen LogP contribution in [0.25, 0.3) is 11.1 Å². The minimum Gasteiger partial charge on any atom is -0.311 e. The Hall–Kier alpha value is -5.02. The van der Waals surface area contributed by atoms with Gasteiger partial charge >= 0.3 is 0 Å². The molecular weight excluding hydrogens is 639 g/mol. The number of benzene rings is 6. The van der Waals surface area contributed by atoms with Gasteiger partial charge in [0.05, 0.1) is 5.69 Å². The summed E-state index contributed by atoms with van der Waals surface area (Å²) in [7, 11) is 0. The van der Waals surface area contributed by atoms with E-state index in [0.29, 0.717) is 0 Å². The molecule has 0 N–H and O–H groups in total. The summed E-state index contributed by atoms with van der Waals surface area (Å²) in [5.41, 5.74) is 19.6. The average molecular weight is 685 g/mol. The number of hydrogen-bond donors (Lipinski definition) is 0.